The first-order chi connectivity index (χ1) is 8.16. The predicted octanol–water partition coefficient (Wildman–Crippen LogP) is 1.64. The number of nitrogens with zero attached hydrogens (tertiary/aromatic N) is 4. The number of benzene rings is 1. The van der Waals surface area contributed by atoms with Crippen LogP contribution in [0.5, 0.6) is 0 Å². The molecule has 0 amide bonds. The van der Waals surface area contributed by atoms with Gasteiger partial charge in [-0.25, -0.2) is 9.07 Å². The van der Waals surface area contributed by atoms with Gasteiger partial charge in [-0.15, -0.1) is 5.10 Å². The summed E-state index contributed by atoms with van der Waals surface area (Å²) < 4.78 is 14.8. The van der Waals surface area contributed by atoms with Crippen molar-refractivity contribution in [1.29, 1.82) is 0 Å². The van der Waals surface area contributed by atoms with Gasteiger partial charge in [0.1, 0.15) is 5.82 Å². The lowest BCUT2D eigenvalue weighted by Crippen LogP contribution is -2.03. The van der Waals surface area contributed by atoms with Gasteiger partial charge in [0.2, 0.25) is 0 Å². The lowest BCUT2D eigenvalue weighted by Gasteiger charge is -2.06. The summed E-state index contributed by atoms with van der Waals surface area (Å²) in [5.41, 5.74) is 6.82. The van der Waals surface area contributed by atoms with Crippen LogP contribution >= 0.6 is 0 Å². The van der Waals surface area contributed by atoms with Crippen LogP contribution in [0.4, 0.5) is 10.1 Å². The number of hydrogen-bond donors (Lipinski definition) is 1. The quantitative estimate of drug-likeness (QED) is 0.800. The van der Waals surface area contributed by atoms with Crippen molar-refractivity contribution in [2.45, 2.75) is 19.4 Å². The summed E-state index contributed by atoms with van der Waals surface area (Å²) in [7, 11) is 0. The van der Waals surface area contributed by atoms with Gasteiger partial charge < -0.3 is 5.73 Å². The van der Waals surface area contributed by atoms with Gasteiger partial charge in [0, 0.05) is 11.3 Å². The maximum absolute atomic E-state index is 13.0. The van der Waals surface area contributed by atoms with E-state index in [2.05, 4.69) is 22.4 Å². The molecule has 0 spiro atoms. The zero-order valence-electron chi connectivity index (χ0n) is 9.34. The molecular weight excluding hydrogens is 221 g/mol. The summed E-state index contributed by atoms with van der Waals surface area (Å²) in [6.07, 6.45) is 1.07. The maximum Gasteiger partial charge on any atom is 0.184 e. The number of halogens is 1. The van der Waals surface area contributed by atoms with Gasteiger partial charge in [0.05, 0.1) is 6.04 Å². The third-order valence-corrected chi connectivity index (χ3v) is 3.13. The highest BCUT2D eigenvalue weighted by Crippen LogP contribution is 2.44. The summed E-state index contributed by atoms with van der Waals surface area (Å²) in [6, 6.07) is 4.59. The zero-order valence-corrected chi connectivity index (χ0v) is 9.34. The Labute approximate surface area is 97.4 Å². The molecule has 2 atom stereocenters. The number of anilines is 1. The van der Waals surface area contributed by atoms with Gasteiger partial charge in [-0.05, 0) is 41.0 Å². The molecular formula is C11H12FN5. The largest absolute Gasteiger partial charge is 0.398 e. The Morgan fingerprint density at radius 1 is 1.47 bits per heavy atom. The van der Waals surface area contributed by atoms with Crippen LogP contribution in [0.3, 0.4) is 0 Å². The molecule has 5 nitrogen and oxygen atoms in total. The minimum absolute atomic E-state index is 0.337. The molecule has 1 saturated carbocycles. The van der Waals surface area contributed by atoms with Gasteiger partial charge in [-0.2, -0.15) is 0 Å². The smallest absolute Gasteiger partial charge is 0.184 e. The van der Waals surface area contributed by atoms with E-state index in [4.69, 9.17) is 5.73 Å². The third-order valence-electron chi connectivity index (χ3n) is 3.13. The number of aromatic nitrogens is 4. The molecule has 2 unspecified atom stereocenters. The molecule has 1 fully saturated rings. The Hall–Kier alpha value is -1.98. The van der Waals surface area contributed by atoms with Crippen molar-refractivity contribution in [1.82, 2.24) is 20.2 Å². The Balaban J connectivity index is 2.06. The van der Waals surface area contributed by atoms with Gasteiger partial charge in [0.25, 0.3) is 0 Å². The number of tetrazole rings is 1. The fourth-order valence-electron chi connectivity index (χ4n) is 1.97. The molecule has 0 saturated heterocycles. The standard InChI is InChI=1S/C11H12FN5/c1-6-4-10(6)17-11(14-15-16-17)8-3-2-7(12)5-9(8)13/h2-3,5-6,10H,4,13H2,1H3. The molecule has 2 aromatic rings. The van der Waals surface area contributed by atoms with Crippen LogP contribution in [0.1, 0.15) is 19.4 Å². The highest BCUT2D eigenvalue weighted by atomic mass is 19.1. The molecule has 1 aliphatic carbocycles. The molecule has 6 heteroatoms. The molecule has 88 valence electrons. The Morgan fingerprint density at radius 2 is 2.24 bits per heavy atom. The predicted molar refractivity (Wildman–Crippen MR) is 60.4 cm³/mol. The van der Waals surface area contributed by atoms with E-state index in [0.29, 0.717) is 29.0 Å². The van der Waals surface area contributed by atoms with E-state index < -0.39 is 0 Å². The molecule has 3 rings (SSSR count). The van der Waals surface area contributed by atoms with Gasteiger partial charge in [0.15, 0.2) is 5.82 Å². The van der Waals surface area contributed by atoms with Gasteiger partial charge in [-0.1, -0.05) is 6.92 Å². The van der Waals surface area contributed by atoms with Crippen LogP contribution < -0.4 is 5.73 Å². The first kappa shape index (κ1) is 10.2. The summed E-state index contributed by atoms with van der Waals surface area (Å²) in [6.45, 7) is 2.14. The molecule has 1 aromatic heterocycles. The van der Waals surface area contributed by atoms with E-state index in [0.717, 1.165) is 6.42 Å². The van der Waals surface area contributed by atoms with E-state index in [1.807, 2.05) is 0 Å². The van der Waals surface area contributed by atoms with Crippen LogP contribution in [-0.2, 0) is 0 Å². The molecule has 17 heavy (non-hydrogen) atoms. The van der Waals surface area contributed by atoms with Crippen LogP contribution in [0, 0.1) is 11.7 Å². The fraction of sp³-hybridized carbons (Fsp3) is 0.364. The summed E-state index contributed by atoms with van der Waals surface area (Å²) >= 11 is 0. The van der Waals surface area contributed by atoms with Crippen molar-refractivity contribution in [3.8, 4) is 11.4 Å². The molecule has 0 bridgehead atoms. The van der Waals surface area contributed by atoms with Crippen LogP contribution in [0.25, 0.3) is 11.4 Å². The fourth-order valence-corrected chi connectivity index (χ4v) is 1.97. The maximum atomic E-state index is 13.0. The van der Waals surface area contributed by atoms with Crippen LogP contribution in [0.2, 0.25) is 0 Å². The molecule has 1 aliphatic rings. The highest BCUT2D eigenvalue weighted by molar-refractivity contribution is 5.71. The van der Waals surface area contributed by atoms with Crippen molar-refractivity contribution in [3.05, 3.63) is 24.0 Å². The summed E-state index contributed by atoms with van der Waals surface area (Å²) in [5.74, 6) is 0.834. The second kappa shape index (κ2) is 3.51. The van der Waals surface area contributed by atoms with Gasteiger partial charge >= 0.3 is 0 Å². The van der Waals surface area contributed by atoms with Crippen LogP contribution in [-0.4, -0.2) is 20.2 Å². The normalized spacial score (nSPS) is 22.7. The number of nitrogen functional groups attached to an aromatic ring is 1. The molecule has 0 aliphatic heterocycles. The van der Waals surface area contributed by atoms with Crippen molar-refractivity contribution in [3.63, 3.8) is 0 Å². The second-order valence-corrected chi connectivity index (χ2v) is 4.46. The lowest BCUT2D eigenvalue weighted by molar-refractivity contribution is 0.584. The van der Waals surface area contributed by atoms with E-state index in [-0.39, 0.29) is 5.82 Å². The van der Waals surface area contributed by atoms with E-state index >= 15 is 0 Å². The topological polar surface area (TPSA) is 69.6 Å². The van der Waals surface area contributed by atoms with E-state index in [9.17, 15) is 4.39 Å². The van der Waals surface area contributed by atoms with Crippen molar-refractivity contribution in [2.75, 3.05) is 5.73 Å². The zero-order chi connectivity index (χ0) is 12.0. The number of nitrogens with two attached hydrogens (primary N) is 1. The monoisotopic (exact) mass is 233 g/mol. The second-order valence-electron chi connectivity index (χ2n) is 4.46. The van der Waals surface area contributed by atoms with Crippen molar-refractivity contribution >= 4 is 5.69 Å². The molecule has 1 heterocycles. The minimum Gasteiger partial charge on any atom is -0.398 e. The summed E-state index contributed by atoms with van der Waals surface area (Å²) in [4.78, 5) is 0. The lowest BCUT2D eigenvalue weighted by atomic mass is 10.1. The van der Waals surface area contributed by atoms with Crippen molar-refractivity contribution in [2.24, 2.45) is 5.92 Å². The Morgan fingerprint density at radius 3 is 2.88 bits per heavy atom. The molecule has 1 aromatic carbocycles. The summed E-state index contributed by atoms with van der Waals surface area (Å²) in [5, 5.41) is 11.6. The minimum atomic E-state index is -0.356. The Kier molecular flexibility index (Phi) is 2.10. The van der Waals surface area contributed by atoms with Gasteiger partial charge in [-0.3, -0.25) is 0 Å². The average molecular weight is 233 g/mol. The van der Waals surface area contributed by atoms with E-state index in [1.54, 1.807) is 10.7 Å². The Bertz CT molecular complexity index is 565. The van der Waals surface area contributed by atoms with Crippen molar-refractivity contribution < 1.29 is 4.39 Å². The average Bonchev–Trinajstić information content (AvgIpc) is 2.82. The highest BCUT2D eigenvalue weighted by Gasteiger charge is 2.37. The first-order valence-corrected chi connectivity index (χ1v) is 5.50. The van der Waals surface area contributed by atoms with E-state index in [1.165, 1.54) is 12.1 Å². The first-order valence-electron chi connectivity index (χ1n) is 5.50. The number of hydrogen-bond acceptors (Lipinski definition) is 4. The number of rotatable bonds is 2. The molecule has 2 N–H and O–H groups in total. The third kappa shape index (κ3) is 1.65. The van der Waals surface area contributed by atoms with Crippen LogP contribution in [0.15, 0.2) is 18.2 Å². The SMILES string of the molecule is CC1CC1n1nnnc1-c1ccc(F)cc1N. The molecule has 0 radical (unpaired) electrons.